The van der Waals surface area contributed by atoms with Gasteiger partial charge in [0.1, 0.15) is 19.3 Å². The normalized spacial score (nSPS) is 11.8. The van der Waals surface area contributed by atoms with Crippen molar-refractivity contribution in [3.8, 4) is 11.5 Å². The number of phenolic OH excluding ortho intramolecular Hbond substituents is 2. The standard InChI is InChI=1S/C44H77NO8/c1-3-5-7-9-11-13-15-17-19-21-23-25-27-29-42(48)51-35-38(53-44(50)39(45)33-37-31-32-40(46)41(47)34-37)36-52-43(49)30-28-26-24-22-20-18-16-14-12-10-8-6-4-2/h31-32,34,38-39,46-47H,3-30,33,35-36,45H2,1-2H3/t39-/m0/s1. The molecule has 1 aromatic carbocycles. The summed E-state index contributed by atoms with van der Waals surface area (Å²) >= 11 is 0. The molecule has 9 heteroatoms. The Morgan fingerprint density at radius 2 is 0.906 bits per heavy atom. The topological polar surface area (TPSA) is 145 Å². The second kappa shape index (κ2) is 33.7. The van der Waals surface area contributed by atoms with E-state index in [0.717, 1.165) is 38.5 Å². The van der Waals surface area contributed by atoms with Crippen LogP contribution in [-0.4, -0.2) is 53.5 Å². The fourth-order valence-corrected chi connectivity index (χ4v) is 6.49. The minimum atomic E-state index is -1.08. The van der Waals surface area contributed by atoms with Crippen LogP contribution in [0, 0.1) is 0 Å². The summed E-state index contributed by atoms with van der Waals surface area (Å²) in [6.07, 6.45) is 31.3. The number of phenols is 2. The quantitative estimate of drug-likeness (QED) is 0.0264. The summed E-state index contributed by atoms with van der Waals surface area (Å²) in [5.41, 5.74) is 6.62. The highest BCUT2D eigenvalue weighted by atomic mass is 16.6. The first kappa shape index (κ1) is 48.2. The average molecular weight is 748 g/mol. The number of rotatable bonds is 36. The van der Waals surface area contributed by atoms with Gasteiger partial charge in [0.15, 0.2) is 17.6 Å². The molecule has 4 N–H and O–H groups in total. The average Bonchev–Trinajstić information content (AvgIpc) is 3.14. The van der Waals surface area contributed by atoms with Crippen LogP contribution >= 0.6 is 0 Å². The van der Waals surface area contributed by atoms with Crippen molar-refractivity contribution < 1.29 is 38.8 Å². The first-order valence-electron chi connectivity index (χ1n) is 21.5. The maximum atomic E-state index is 12.9. The van der Waals surface area contributed by atoms with Crippen LogP contribution in [0.5, 0.6) is 11.5 Å². The Morgan fingerprint density at radius 3 is 1.26 bits per heavy atom. The van der Waals surface area contributed by atoms with E-state index in [9.17, 15) is 24.6 Å². The second-order valence-electron chi connectivity index (χ2n) is 15.0. The lowest BCUT2D eigenvalue weighted by Gasteiger charge is -2.20. The van der Waals surface area contributed by atoms with Crippen LogP contribution in [0.2, 0.25) is 0 Å². The molecule has 0 radical (unpaired) electrons. The molecule has 0 aliphatic carbocycles. The molecular formula is C44H77NO8. The molecule has 0 aliphatic heterocycles. The summed E-state index contributed by atoms with van der Waals surface area (Å²) in [5, 5.41) is 19.3. The number of carbonyl (C=O) groups is 3. The Hall–Kier alpha value is -2.81. The summed E-state index contributed by atoms with van der Waals surface area (Å²) < 4.78 is 16.4. The van der Waals surface area contributed by atoms with Crippen LogP contribution in [0.4, 0.5) is 0 Å². The largest absolute Gasteiger partial charge is 0.504 e. The SMILES string of the molecule is CCCCCCCCCCCCCCCC(=O)OCC(COC(=O)CCCCCCCCCCCCCCC)OC(=O)[C@@H](N)Cc1ccc(O)c(O)c1. The maximum absolute atomic E-state index is 12.9. The van der Waals surface area contributed by atoms with Crippen molar-refractivity contribution in [2.24, 2.45) is 5.73 Å². The minimum absolute atomic E-state index is 0.0526. The minimum Gasteiger partial charge on any atom is -0.504 e. The summed E-state index contributed by atoms with van der Waals surface area (Å²) in [6.45, 7) is 4.02. The highest BCUT2D eigenvalue weighted by Gasteiger charge is 2.24. The lowest BCUT2D eigenvalue weighted by molar-refractivity contribution is -0.167. The van der Waals surface area contributed by atoms with Crippen LogP contribution in [0.25, 0.3) is 0 Å². The highest BCUT2D eigenvalue weighted by Crippen LogP contribution is 2.25. The molecule has 0 amide bonds. The van der Waals surface area contributed by atoms with Crippen molar-refractivity contribution in [3.63, 3.8) is 0 Å². The molecule has 0 spiro atoms. The Labute approximate surface area is 322 Å². The van der Waals surface area contributed by atoms with E-state index in [-0.39, 0.29) is 55.9 Å². The molecule has 0 aromatic heterocycles. The van der Waals surface area contributed by atoms with Crippen molar-refractivity contribution in [1.29, 1.82) is 0 Å². The summed E-state index contributed by atoms with van der Waals surface area (Å²) in [6, 6.07) is 3.12. The highest BCUT2D eigenvalue weighted by molar-refractivity contribution is 5.76. The Bertz CT molecular complexity index is 1020. The van der Waals surface area contributed by atoms with Crippen LogP contribution in [-0.2, 0) is 35.0 Å². The lowest BCUT2D eigenvalue weighted by Crippen LogP contribution is -2.40. The molecular weight excluding hydrogens is 670 g/mol. The van der Waals surface area contributed by atoms with Crippen molar-refractivity contribution in [2.45, 2.75) is 212 Å². The zero-order chi connectivity index (χ0) is 38.8. The second-order valence-corrected chi connectivity index (χ2v) is 15.0. The van der Waals surface area contributed by atoms with Gasteiger partial charge in [0, 0.05) is 12.8 Å². The van der Waals surface area contributed by atoms with Crippen LogP contribution in [0.15, 0.2) is 18.2 Å². The van der Waals surface area contributed by atoms with Gasteiger partial charge in [-0.2, -0.15) is 0 Å². The molecule has 0 saturated heterocycles. The molecule has 0 heterocycles. The van der Waals surface area contributed by atoms with Crippen LogP contribution in [0.3, 0.4) is 0 Å². The number of carbonyl (C=O) groups excluding carboxylic acids is 3. The first-order chi connectivity index (χ1) is 25.8. The van der Waals surface area contributed by atoms with Crippen molar-refractivity contribution in [2.75, 3.05) is 13.2 Å². The fraction of sp³-hybridized carbons (Fsp3) is 0.795. The van der Waals surface area contributed by atoms with Crippen molar-refractivity contribution in [1.82, 2.24) is 0 Å². The van der Waals surface area contributed by atoms with E-state index < -0.39 is 18.1 Å². The molecule has 0 saturated carbocycles. The van der Waals surface area contributed by atoms with Crippen molar-refractivity contribution in [3.05, 3.63) is 23.8 Å². The van der Waals surface area contributed by atoms with Gasteiger partial charge >= 0.3 is 17.9 Å². The number of esters is 3. The third kappa shape index (κ3) is 28.3. The van der Waals surface area contributed by atoms with Gasteiger partial charge in [-0.15, -0.1) is 0 Å². The van der Waals surface area contributed by atoms with Gasteiger partial charge in [-0.05, 0) is 37.0 Å². The van der Waals surface area contributed by atoms with Crippen LogP contribution < -0.4 is 5.73 Å². The molecule has 1 atom stereocenters. The van der Waals surface area contributed by atoms with E-state index in [1.165, 1.54) is 141 Å². The number of hydrogen-bond donors (Lipinski definition) is 3. The lowest BCUT2D eigenvalue weighted by atomic mass is 10.0. The van der Waals surface area contributed by atoms with E-state index >= 15 is 0 Å². The molecule has 1 rings (SSSR count). The van der Waals surface area contributed by atoms with Gasteiger partial charge in [-0.25, -0.2) is 0 Å². The van der Waals surface area contributed by atoms with E-state index in [4.69, 9.17) is 19.9 Å². The molecule has 306 valence electrons. The van der Waals surface area contributed by atoms with Gasteiger partial charge in [0.05, 0.1) is 0 Å². The van der Waals surface area contributed by atoms with E-state index in [1.807, 2.05) is 0 Å². The molecule has 0 fully saturated rings. The van der Waals surface area contributed by atoms with E-state index in [1.54, 1.807) is 6.07 Å². The Kier molecular flexibility index (Phi) is 30.7. The zero-order valence-corrected chi connectivity index (χ0v) is 33.7. The molecule has 1 aromatic rings. The monoisotopic (exact) mass is 748 g/mol. The predicted octanol–water partition coefficient (Wildman–Crippen LogP) is 10.9. The number of unbranched alkanes of at least 4 members (excludes halogenated alkanes) is 24. The number of hydrogen-bond acceptors (Lipinski definition) is 9. The molecule has 53 heavy (non-hydrogen) atoms. The predicted molar refractivity (Wildman–Crippen MR) is 214 cm³/mol. The van der Waals surface area contributed by atoms with Gasteiger partial charge < -0.3 is 30.2 Å². The summed E-state index contributed by atoms with van der Waals surface area (Å²) in [5.74, 6) is -2.09. The zero-order valence-electron chi connectivity index (χ0n) is 33.7. The van der Waals surface area contributed by atoms with E-state index in [2.05, 4.69) is 13.8 Å². The van der Waals surface area contributed by atoms with E-state index in [0.29, 0.717) is 5.56 Å². The Balaban J connectivity index is 2.37. The number of nitrogens with two attached hydrogens (primary N) is 1. The molecule has 0 bridgehead atoms. The third-order valence-corrected chi connectivity index (χ3v) is 9.91. The summed E-state index contributed by atoms with van der Waals surface area (Å²) in [7, 11) is 0. The van der Waals surface area contributed by atoms with Gasteiger partial charge in [-0.3, -0.25) is 14.4 Å². The number of ether oxygens (including phenoxy) is 3. The number of aromatic hydroxyl groups is 2. The maximum Gasteiger partial charge on any atom is 0.323 e. The van der Waals surface area contributed by atoms with Crippen molar-refractivity contribution >= 4 is 17.9 Å². The van der Waals surface area contributed by atoms with Crippen LogP contribution in [0.1, 0.15) is 199 Å². The smallest absolute Gasteiger partial charge is 0.323 e. The first-order valence-corrected chi connectivity index (χ1v) is 21.5. The van der Waals surface area contributed by atoms with Gasteiger partial charge in [0.25, 0.3) is 0 Å². The third-order valence-electron chi connectivity index (χ3n) is 9.91. The molecule has 0 unspecified atom stereocenters. The molecule has 9 nitrogen and oxygen atoms in total. The molecule has 0 aliphatic rings. The Morgan fingerprint density at radius 1 is 0.547 bits per heavy atom. The fourth-order valence-electron chi connectivity index (χ4n) is 6.49. The number of benzene rings is 1. The van der Waals surface area contributed by atoms with Gasteiger partial charge in [-0.1, -0.05) is 174 Å². The van der Waals surface area contributed by atoms with Gasteiger partial charge in [0.2, 0.25) is 0 Å². The summed E-state index contributed by atoms with van der Waals surface area (Å²) in [4.78, 5) is 37.9.